The molecular weight excluding hydrogens is 390 g/mol. The minimum absolute atomic E-state index is 0.147. The Balaban J connectivity index is 2.50. The van der Waals surface area contributed by atoms with Crippen molar-refractivity contribution in [3.8, 4) is 0 Å². The highest BCUT2D eigenvalue weighted by Crippen LogP contribution is 2.37. The first-order valence-electron chi connectivity index (χ1n) is 6.11. The van der Waals surface area contributed by atoms with Gasteiger partial charge in [-0.3, -0.25) is 4.68 Å². The summed E-state index contributed by atoms with van der Waals surface area (Å²) in [6, 6.07) is 2.70. The molecule has 0 fully saturated rings. The molecule has 1 atom stereocenters. The lowest BCUT2D eigenvalue weighted by Gasteiger charge is -2.19. The van der Waals surface area contributed by atoms with E-state index in [0.717, 1.165) is 4.47 Å². The third kappa shape index (κ3) is 2.96. The number of aromatic nitrogens is 2. The zero-order valence-corrected chi connectivity index (χ0v) is 15.4. The summed E-state index contributed by atoms with van der Waals surface area (Å²) in [5, 5.41) is 7.86. The van der Waals surface area contributed by atoms with Crippen LogP contribution in [0.5, 0.6) is 0 Å². The highest BCUT2D eigenvalue weighted by atomic mass is 79.9. The number of thiophene rings is 1. The van der Waals surface area contributed by atoms with E-state index in [-0.39, 0.29) is 6.04 Å². The minimum Gasteiger partial charge on any atom is -0.307 e. The Labute approximate surface area is 134 Å². The molecule has 19 heavy (non-hydrogen) atoms. The maximum Gasteiger partial charge on any atom is 0.0851 e. The standard InChI is InChI=1S/C13H17Br2N3S/c1-7(2)18-12(9(14)6-17-18)11(16-4)10-5-8(3)13(15)19-10/h5-7,11,16H,1-4H3. The molecule has 2 rings (SSSR count). The van der Waals surface area contributed by atoms with Crippen LogP contribution in [0.2, 0.25) is 0 Å². The monoisotopic (exact) mass is 405 g/mol. The van der Waals surface area contributed by atoms with Crippen molar-refractivity contribution in [2.45, 2.75) is 32.9 Å². The SMILES string of the molecule is CNC(c1cc(C)c(Br)s1)c1c(Br)cnn1C(C)C. The van der Waals surface area contributed by atoms with E-state index in [1.54, 1.807) is 11.3 Å². The molecule has 6 heteroatoms. The smallest absolute Gasteiger partial charge is 0.0851 e. The summed E-state index contributed by atoms with van der Waals surface area (Å²) in [7, 11) is 1.98. The Bertz CT molecular complexity index is 555. The Morgan fingerprint density at radius 2 is 2.05 bits per heavy atom. The lowest BCUT2D eigenvalue weighted by Crippen LogP contribution is -2.22. The van der Waals surface area contributed by atoms with Gasteiger partial charge in [0.2, 0.25) is 0 Å². The van der Waals surface area contributed by atoms with Crippen molar-refractivity contribution in [1.82, 2.24) is 15.1 Å². The molecule has 2 aromatic heterocycles. The zero-order valence-electron chi connectivity index (χ0n) is 11.4. The summed E-state index contributed by atoms with van der Waals surface area (Å²) in [6.45, 7) is 6.40. The fraction of sp³-hybridized carbons (Fsp3) is 0.462. The molecule has 0 amide bonds. The van der Waals surface area contributed by atoms with Crippen LogP contribution in [0.15, 0.2) is 20.5 Å². The highest BCUT2D eigenvalue weighted by Gasteiger charge is 2.23. The molecular formula is C13H17Br2N3S. The lowest BCUT2D eigenvalue weighted by atomic mass is 10.1. The molecule has 1 unspecified atom stereocenters. The van der Waals surface area contributed by atoms with Crippen LogP contribution in [0.3, 0.4) is 0 Å². The Morgan fingerprint density at radius 3 is 2.53 bits per heavy atom. The van der Waals surface area contributed by atoms with E-state index in [1.165, 1.54) is 19.9 Å². The lowest BCUT2D eigenvalue weighted by molar-refractivity contribution is 0.485. The van der Waals surface area contributed by atoms with Gasteiger partial charge in [0.05, 0.1) is 26.2 Å². The third-order valence-corrected chi connectivity index (χ3v) is 5.81. The molecule has 1 N–H and O–H groups in total. The van der Waals surface area contributed by atoms with Gasteiger partial charge in [-0.2, -0.15) is 5.10 Å². The van der Waals surface area contributed by atoms with Crippen molar-refractivity contribution >= 4 is 43.2 Å². The molecule has 0 aliphatic rings. The maximum absolute atomic E-state index is 4.46. The van der Waals surface area contributed by atoms with E-state index in [1.807, 2.05) is 13.2 Å². The van der Waals surface area contributed by atoms with Crippen molar-refractivity contribution in [2.24, 2.45) is 0 Å². The first-order chi connectivity index (χ1) is 8.95. The van der Waals surface area contributed by atoms with Gasteiger partial charge in [0.15, 0.2) is 0 Å². The molecule has 0 aliphatic carbocycles. The van der Waals surface area contributed by atoms with Crippen molar-refractivity contribution < 1.29 is 0 Å². The van der Waals surface area contributed by atoms with Gasteiger partial charge in [-0.15, -0.1) is 11.3 Å². The van der Waals surface area contributed by atoms with Gasteiger partial charge in [0.1, 0.15) is 0 Å². The molecule has 2 aromatic rings. The third-order valence-electron chi connectivity index (χ3n) is 3.00. The average Bonchev–Trinajstić information content (AvgIpc) is 2.86. The second-order valence-electron chi connectivity index (χ2n) is 4.74. The Kier molecular flexibility index (Phi) is 4.87. The molecule has 104 valence electrons. The van der Waals surface area contributed by atoms with E-state index in [9.17, 15) is 0 Å². The molecule has 0 saturated carbocycles. The molecule has 0 spiro atoms. The fourth-order valence-electron chi connectivity index (χ4n) is 2.07. The number of halogens is 2. The van der Waals surface area contributed by atoms with Gasteiger partial charge in [-0.1, -0.05) is 0 Å². The van der Waals surface area contributed by atoms with Crippen LogP contribution in [0.1, 0.15) is 42.1 Å². The summed E-state index contributed by atoms with van der Waals surface area (Å²) in [4.78, 5) is 1.29. The number of hydrogen-bond acceptors (Lipinski definition) is 3. The quantitative estimate of drug-likeness (QED) is 0.799. The predicted octanol–water partition coefficient (Wildman–Crippen LogP) is 4.67. The predicted molar refractivity (Wildman–Crippen MR) is 88.0 cm³/mol. The number of hydrogen-bond donors (Lipinski definition) is 1. The molecule has 0 radical (unpaired) electrons. The summed E-state index contributed by atoms with van der Waals surface area (Å²) in [5.74, 6) is 0. The number of aryl methyl sites for hydroxylation is 1. The average molecular weight is 407 g/mol. The van der Waals surface area contributed by atoms with E-state index >= 15 is 0 Å². The number of nitrogens with one attached hydrogen (secondary N) is 1. The van der Waals surface area contributed by atoms with Crippen LogP contribution in [0.4, 0.5) is 0 Å². The topological polar surface area (TPSA) is 29.9 Å². The van der Waals surface area contributed by atoms with Crippen LogP contribution in [-0.4, -0.2) is 16.8 Å². The molecule has 3 nitrogen and oxygen atoms in total. The van der Waals surface area contributed by atoms with Crippen molar-refractivity contribution in [3.05, 3.63) is 36.7 Å². The Morgan fingerprint density at radius 1 is 1.37 bits per heavy atom. The molecule has 0 bridgehead atoms. The first kappa shape index (κ1) is 15.2. The first-order valence-corrected chi connectivity index (χ1v) is 8.52. The Hall–Kier alpha value is -0.170. The molecule has 2 heterocycles. The van der Waals surface area contributed by atoms with Crippen LogP contribution in [0.25, 0.3) is 0 Å². The van der Waals surface area contributed by atoms with Crippen LogP contribution >= 0.6 is 43.2 Å². The largest absolute Gasteiger partial charge is 0.307 e. The number of rotatable bonds is 4. The highest BCUT2D eigenvalue weighted by molar-refractivity contribution is 9.11. The van der Waals surface area contributed by atoms with Gasteiger partial charge in [-0.05, 0) is 71.3 Å². The molecule has 0 saturated heterocycles. The van der Waals surface area contributed by atoms with E-state index in [4.69, 9.17) is 0 Å². The number of nitrogens with zero attached hydrogens (tertiary/aromatic N) is 2. The zero-order chi connectivity index (χ0) is 14.2. The second-order valence-corrected chi connectivity index (χ2v) is 8.00. The van der Waals surface area contributed by atoms with Gasteiger partial charge in [0.25, 0.3) is 0 Å². The fourth-order valence-corrected chi connectivity index (χ4v) is 4.26. The van der Waals surface area contributed by atoms with Crippen LogP contribution in [0, 0.1) is 6.92 Å². The van der Waals surface area contributed by atoms with E-state index in [0.29, 0.717) is 6.04 Å². The van der Waals surface area contributed by atoms with Gasteiger partial charge in [0, 0.05) is 10.9 Å². The summed E-state index contributed by atoms with van der Waals surface area (Å²) in [6.07, 6.45) is 1.87. The van der Waals surface area contributed by atoms with Crippen molar-refractivity contribution in [2.75, 3.05) is 7.05 Å². The van der Waals surface area contributed by atoms with Crippen LogP contribution < -0.4 is 5.32 Å². The van der Waals surface area contributed by atoms with Crippen molar-refractivity contribution in [3.63, 3.8) is 0 Å². The summed E-state index contributed by atoms with van der Waals surface area (Å²) >= 11 is 8.99. The normalized spacial score (nSPS) is 13.2. The van der Waals surface area contributed by atoms with Crippen LogP contribution in [-0.2, 0) is 0 Å². The minimum atomic E-state index is 0.147. The molecule has 0 aliphatic heterocycles. The van der Waals surface area contributed by atoms with E-state index in [2.05, 4.69) is 73.8 Å². The second kappa shape index (κ2) is 6.08. The summed E-state index contributed by atoms with van der Waals surface area (Å²) < 4.78 is 4.30. The summed E-state index contributed by atoms with van der Waals surface area (Å²) in [5.41, 5.74) is 2.44. The van der Waals surface area contributed by atoms with E-state index < -0.39 is 0 Å². The van der Waals surface area contributed by atoms with Gasteiger partial charge in [-0.25, -0.2) is 0 Å². The van der Waals surface area contributed by atoms with Gasteiger partial charge >= 0.3 is 0 Å². The van der Waals surface area contributed by atoms with Crippen molar-refractivity contribution in [1.29, 1.82) is 0 Å². The van der Waals surface area contributed by atoms with Gasteiger partial charge < -0.3 is 5.32 Å². The molecule has 0 aromatic carbocycles. The maximum atomic E-state index is 4.46.